The highest BCUT2D eigenvalue weighted by molar-refractivity contribution is 7.80. The Morgan fingerprint density at radius 2 is 1.63 bits per heavy atom. The maximum absolute atomic E-state index is 12.6. The van der Waals surface area contributed by atoms with Crippen LogP contribution in [0.1, 0.15) is 28.9 Å². The van der Waals surface area contributed by atoms with E-state index in [2.05, 4.69) is 46.5 Å². The van der Waals surface area contributed by atoms with E-state index >= 15 is 0 Å². The number of phenolic OH excluding ortho intramolecular Hbond substituents is 1. The van der Waals surface area contributed by atoms with Crippen molar-refractivity contribution >= 4 is 68.6 Å². The summed E-state index contributed by atoms with van der Waals surface area (Å²) in [5, 5.41) is 26.2. The van der Waals surface area contributed by atoms with Gasteiger partial charge in [-0.2, -0.15) is 4.98 Å². The number of hydrogen-bond donors (Lipinski definition) is 8. The number of H-pyrrole nitrogens is 1. The molecular formula is C40H36N10O6S. The molecule has 1 aliphatic carbocycles. The number of amides is 2. The van der Waals surface area contributed by atoms with E-state index in [1.165, 1.54) is 24.4 Å². The summed E-state index contributed by atoms with van der Waals surface area (Å²) in [5.74, 6) is 0.0512. The Morgan fingerprint density at radius 3 is 2.44 bits per heavy atom. The molecule has 0 saturated heterocycles. The quantitative estimate of drug-likeness (QED) is 0.0467. The van der Waals surface area contributed by atoms with Gasteiger partial charge in [0.25, 0.3) is 11.5 Å². The van der Waals surface area contributed by atoms with Crippen molar-refractivity contribution in [2.45, 2.75) is 19.4 Å². The molecule has 0 fully saturated rings. The SMILES string of the molecule is Nc1nc2ncc(CNc3ccc(C(=O)NCCCC(=O)NCCNC(=S)Nc4ccc(-c5c6ccc(=O)cc-6oc6cc(O)ccc56)cc4)cc3)nc2c(=O)[nH]1. The maximum atomic E-state index is 12.6. The third-order valence-corrected chi connectivity index (χ3v) is 9.06. The number of carbonyl (C=O) groups excluding carboxylic acids is 2. The second kappa shape index (κ2) is 17.0. The van der Waals surface area contributed by atoms with Crippen molar-refractivity contribution in [3.05, 3.63) is 123 Å². The third-order valence-electron chi connectivity index (χ3n) is 8.81. The summed E-state index contributed by atoms with van der Waals surface area (Å²) >= 11 is 5.44. The minimum Gasteiger partial charge on any atom is -0.508 e. The highest BCUT2D eigenvalue weighted by atomic mass is 32.1. The number of phenols is 1. The van der Waals surface area contributed by atoms with E-state index in [9.17, 15) is 24.3 Å². The van der Waals surface area contributed by atoms with Gasteiger partial charge in [0.15, 0.2) is 21.7 Å². The van der Waals surface area contributed by atoms with Crippen LogP contribution in [0.4, 0.5) is 17.3 Å². The number of aromatic nitrogens is 4. The minimum absolute atomic E-state index is 0.0299. The van der Waals surface area contributed by atoms with Gasteiger partial charge >= 0.3 is 0 Å². The van der Waals surface area contributed by atoms with Crippen LogP contribution >= 0.6 is 12.2 Å². The van der Waals surface area contributed by atoms with Crippen molar-refractivity contribution < 1.29 is 19.1 Å². The predicted molar refractivity (Wildman–Crippen MR) is 221 cm³/mol. The number of aromatic amines is 1. The van der Waals surface area contributed by atoms with Gasteiger partial charge < -0.3 is 41.8 Å². The molecule has 7 rings (SSSR count). The lowest BCUT2D eigenvalue weighted by Crippen LogP contribution is -2.36. The molecule has 0 radical (unpaired) electrons. The van der Waals surface area contributed by atoms with Gasteiger partial charge in [-0.05, 0) is 84.9 Å². The first-order valence-electron chi connectivity index (χ1n) is 17.8. The topological polar surface area (TPSA) is 242 Å². The standard InChI is InChI=1S/C40H36N10O6S/c41-39-49-36-35(38(55)50-39)47-26(21-46-36)20-45-24-7-5-23(6-8-24)37(54)43-15-1-2-33(53)42-16-17-44-40(57)48-25-9-3-22(4-10-25)34-29-13-11-27(51)18-31(29)56-32-19-28(52)12-14-30(32)34/h3-14,18-19,21,45,51H,1-2,15-17,20H2,(H,42,53)(H,43,54)(H2,44,48,57)(H3,41,46,49,50,55). The van der Waals surface area contributed by atoms with Gasteiger partial charge in [0.1, 0.15) is 17.1 Å². The van der Waals surface area contributed by atoms with Crippen LogP contribution < -0.4 is 43.3 Å². The van der Waals surface area contributed by atoms with Crippen LogP contribution in [-0.2, 0) is 11.3 Å². The Bertz CT molecular complexity index is 2700. The molecule has 5 aromatic rings. The fraction of sp³-hybridized carbons (Fsp3) is 0.150. The molecule has 2 amide bonds. The monoisotopic (exact) mass is 784 g/mol. The Labute approximate surface area is 329 Å². The lowest BCUT2D eigenvalue weighted by atomic mass is 9.93. The zero-order valence-electron chi connectivity index (χ0n) is 30.2. The molecule has 3 aromatic carbocycles. The summed E-state index contributed by atoms with van der Waals surface area (Å²) in [7, 11) is 0. The van der Waals surface area contributed by atoms with Crippen LogP contribution in [0.15, 0.2) is 105 Å². The Balaban J connectivity index is 0.797. The number of rotatable bonds is 13. The first-order chi connectivity index (χ1) is 27.6. The predicted octanol–water partition coefficient (Wildman–Crippen LogP) is 4.10. The molecule has 57 heavy (non-hydrogen) atoms. The molecule has 0 spiro atoms. The number of thiocarbonyl (C=S) groups is 1. The molecule has 0 bridgehead atoms. The van der Waals surface area contributed by atoms with Gasteiger partial charge in [-0.1, -0.05) is 12.1 Å². The zero-order chi connectivity index (χ0) is 39.9. The minimum atomic E-state index is -0.469. The molecule has 0 saturated carbocycles. The summed E-state index contributed by atoms with van der Waals surface area (Å²) in [6, 6.07) is 24.1. The molecule has 17 heteroatoms. The van der Waals surface area contributed by atoms with E-state index in [1.807, 2.05) is 24.3 Å². The summed E-state index contributed by atoms with van der Waals surface area (Å²) in [4.78, 5) is 63.9. The first kappa shape index (κ1) is 37.9. The van der Waals surface area contributed by atoms with Crippen molar-refractivity contribution in [2.75, 3.05) is 36.0 Å². The second-order valence-corrected chi connectivity index (χ2v) is 13.3. The molecule has 1 aliphatic heterocycles. The van der Waals surface area contributed by atoms with E-state index in [1.54, 1.807) is 42.5 Å². The van der Waals surface area contributed by atoms with Gasteiger partial charge in [-0.3, -0.25) is 24.2 Å². The van der Waals surface area contributed by atoms with Crippen LogP contribution in [0.2, 0.25) is 0 Å². The van der Waals surface area contributed by atoms with Crippen LogP contribution in [0.5, 0.6) is 5.75 Å². The molecule has 2 aromatic heterocycles. The number of carbonyl (C=O) groups is 2. The Kier molecular flexibility index (Phi) is 11.3. The number of nitrogen functional groups attached to an aromatic ring is 1. The number of anilines is 3. The smallest absolute Gasteiger partial charge is 0.280 e. The maximum Gasteiger partial charge on any atom is 0.280 e. The number of nitrogens with two attached hydrogens (primary N) is 1. The number of nitrogens with one attached hydrogen (secondary N) is 6. The highest BCUT2D eigenvalue weighted by Gasteiger charge is 2.18. The van der Waals surface area contributed by atoms with Crippen molar-refractivity contribution in [1.82, 2.24) is 35.9 Å². The summed E-state index contributed by atoms with van der Waals surface area (Å²) in [6.45, 7) is 1.37. The Morgan fingerprint density at radius 1 is 0.860 bits per heavy atom. The number of aromatic hydroxyl groups is 1. The fourth-order valence-electron chi connectivity index (χ4n) is 6.07. The van der Waals surface area contributed by atoms with Crippen molar-refractivity contribution in [3.8, 4) is 28.2 Å². The normalized spacial score (nSPS) is 11.0. The number of nitrogens with zero attached hydrogens (tertiary/aromatic N) is 3. The average Bonchev–Trinajstić information content (AvgIpc) is 3.20. The van der Waals surface area contributed by atoms with E-state index in [-0.39, 0.29) is 46.5 Å². The average molecular weight is 785 g/mol. The molecular weight excluding hydrogens is 749 g/mol. The van der Waals surface area contributed by atoms with E-state index in [0.29, 0.717) is 60.3 Å². The van der Waals surface area contributed by atoms with Gasteiger partial charge in [0.2, 0.25) is 11.9 Å². The van der Waals surface area contributed by atoms with Gasteiger partial charge in [-0.25, -0.2) is 9.97 Å². The largest absolute Gasteiger partial charge is 0.508 e. The first-order valence-corrected chi connectivity index (χ1v) is 18.3. The molecule has 0 unspecified atom stereocenters. The molecule has 9 N–H and O–H groups in total. The van der Waals surface area contributed by atoms with E-state index in [4.69, 9.17) is 22.4 Å². The van der Waals surface area contributed by atoms with Crippen molar-refractivity contribution in [1.29, 1.82) is 0 Å². The molecule has 2 aliphatic rings. The molecule has 3 heterocycles. The van der Waals surface area contributed by atoms with Gasteiger partial charge in [-0.15, -0.1) is 0 Å². The summed E-state index contributed by atoms with van der Waals surface area (Å²) in [5.41, 5.74) is 10.6. The molecule has 288 valence electrons. The summed E-state index contributed by atoms with van der Waals surface area (Å²) in [6.07, 6.45) is 2.21. The number of benzene rings is 4. The molecule has 0 atom stereocenters. The van der Waals surface area contributed by atoms with Crippen LogP contribution in [0.3, 0.4) is 0 Å². The number of fused-ring (bicyclic) bond motifs is 3. The van der Waals surface area contributed by atoms with Crippen molar-refractivity contribution in [2.24, 2.45) is 0 Å². The van der Waals surface area contributed by atoms with Crippen LogP contribution in [0.25, 0.3) is 44.6 Å². The van der Waals surface area contributed by atoms with Crippen LogP contribution in [-0.4, -0.2) is 61.6 Å². The van der Waals surface area contributed by atoms with E-state index in [0.717, 1.165) is 33.5 Å². The lowest BCUT2D eigenvalue weighted by molar-refractivity contribution is -0.121. The summed E-state index contributed by atoms with van der Waals surface area (Å²) < 4.78 is 5.93. The lowest BCUT2D eigenvalue weighted by Gasteiger charge is -2.16. The van der Waals surface area contributed by atoms with Gasteiger partial charge in [0.05, 0.1) is 18.4 Å². The Hall–Kier alpha value is -7.40. The van der Waals surface area contributed by atoms with E-state index < -0.39 is 5.56 Å². The number of hydrogen-bond acceptors (Lipinski definition) is 12. The fourth-order valence-corrected chi connectivity index (χ4v) is 6.29. The molecule has 16 nitrogen and oxygen atoms in total. The van der Waals surface area contributed by atoms with Crippen LogP contribution in [0, 0.1) is 0 Å². The third kappa shape index (κ3) is 9.29. The second-order valence-electron chi connectivity index (χ2n) is 12.9. The van der Waals surface area contributed by atoms with Gasteiger partial charge in [0, 0.05) is 71.6 Å². The highest BCUT2D eigenvalue weighted by Crippen LogP contribution is 2.40. The zero-order valence-corrected chi connectivity index (χ0v) is 31.0. The van der Waals surface area contributed by atoms with Crippen molar-refractivity contribution in [3.63, 3.8) is 0 Å².